The molecular formula is C34H31N7. The SMILES string of the molecule is Cc1nccc2nc(-c3ccc(CN4CCC(c5n[nH]c(-c6ccccn6)n5)CC4)cc3)c(-c3ccccc3)cc12. The van der Waals surface area contributed by atoms with Gasteiger partial charge in [0.25, 0.3) is 0 Å². The Kier molecular flexibility index (Phi) is 6.78. The van der Waals surface area contributed by atoms with Crippen molar-refractivity contribution in [3.8, 4) is 33.9 Å². The van der Waals surface area contributed by atoms with E-state index in [1.165, 1.54) is 5.56 Å². The average Bonchev–Trinajstić information content (AvgIpc) is 3.53. The number of aromatic amines is 1. The van der Waals surface area contributed by atoms with Gasteiger partial charge in [-0.1, -0.05) is 60.7 Å². The molecule has 7 heteroatoms. The van der Waals surface area contributed by atoms with Crippen molar-refractivity contribution in [1.82, 2.24) is 35.0 Å². The predicted octanol–water partition coefficient (Wildman–Crippen LogP) is 6.83. The summed E-state index contributed by atoms with van der Waals surface area (Å²) in [6.07, 6.45) is 5.72. The number of hydrogen-bond acceptors (Lipinski definition) is 6. The van der Waals surface area contributed by atoms with Crippen LogP contribution in [0.2, 0.25) is 0 Å². The third-order valence-corrected chi connectivity index (χ3v) is 8.02. The summed E-state index contributed by atoms with van der Waals surface area (Å²) in [5.74, 6) is 2.01. The van der Waals surface area contributed by atoms with Crippen molar-refractivity contribution >= 4 is 10.9 Å². The molecule has 41 heavy (non-hydrogen) atoms. The number of benzene rings is 2. The Morgan fingerprint density at radius 2 is 1.61 bits per heavy atom. The van der Waals surface area contributed by atoms with Gasteiger partial charge in [0.1, 0.15) is 5.69 Å². The van der Waals surface area contributed by atoms with Crippen LogP contribution in [0, 0.1) is 6.92 Å². The van der Waals surface area contributed by atoms with Gasteiger partial charge in [-0.25, -0.2) is 9.97 Å². The first kappa shape index (κ1) is 25.2. The second kappa shape index (κ2) is 11.0. The molecule has 0 bridgehead atoms. The zero-order valence-electron chi connectivity index (χ0n) is 23.0. The van der Waals surface area contributed by atoms with Crippen molar-refractivity contribution in [1.29, 1.82) is 0 Å². The molecule has 7 nitrogen and oxygen atoms in total. The van der Waals surface area contributed by atoms with Crippen LogP contribution in [0.5, 0.6) is 0 Å². The summed E-state index contributed by atoms with van der Waals surface area (Å²) in [7, 11) is 0. The van der Waals surface area contributed by atoms with Crippen molar-refractivity contribution in [2.24, 2.45) is 0 Å². The number of pyridine rings is 3. The van der Waals surface area contributed by atoms with Crippen molar-refractivity contribution in [3.05, 3.63) is 114 Å². The summed E-state index contributed by atoms with van der Waals surface area (Å²) in [6, 6.07) is 29.5. The maximum Gasteiger partial charge on any atom is 0.174 e. The number of hydrogen-bond donors (Lipinski definition) is 1. The lowest BCUT2D eigenvalue weighted by molar-refractivity contribution is 0.202. The molecule has 7 rings (SSSR count). The molecule has 0 saturated carbocycles. The molecule has 0 radical (unpaired) electrons. The lowest BCUT2D eigenvalue weighted by atomic mass is 9.95. The highest BCUT2D eigenvalue weighted by Crippen LogP contribution is 2.34. The molecule has 0 spiro atoms. The van der Waals surface area contributed by atoms with Crippen LogP contribution in [0.25, 0.3) is 44.8 Å². The zero-order chi connectivity index (χ0) is 27.6. The molecular weight excluding hydrogens is 506 g/mol. The van der Waals surface area contributed by atoms with Crippen LogP contribution >= 0.6 is 0 Å². The van der Waals surface area contributed by atoms with Crippen LogP contribution in [0.4, 0.5) is 0 Å². The van der Waals surface area contributed by atoms with Gasteiger partial charge in [0.2, 0.25) is 0 Å². The fraction of sp³-hybridized carbons (Fsp3) is 0.206. The van der Waals surface area contributed by atoms with Crippen molar-refractivity contribution in [2.45, 2.75) is 32.2 Å². The summed E-state index contributed by atoms with van der Waals surface area (Å²) < 4.78 is 0. The normalized spacial score (nSPS) is 14.5. The Bertz CT molecular complexity index is 1770. The van der Waals surface area contributed by atoms with Gasteiger partial charge in [-0.05, 0) is 68.2 Å². The van der Waals surface area contributed by atoms with E-state index in [0.717, 1.165) is 88.8 Å². The van der Waals surface area contributed by atoms with Crippen LogP contribution in [0.15, 0.2) is 97.3 Å². The molecule has 5 heterocycles. The van der Waals surface area contributed by atoms with Crippen LogP contribution in [0.1, 0.15) is 35.8 Å². The van der Waals surface area contributed by atoms with E-state index in [4.69, 9.17) is 9.97 Å². The number of fused-ring (bicyclic) bond motifs is 1. The number of aromatic nitrogens is 6. The summed E-state index contributed by atoms with van der Waals surface area (Å²) in [6.45, 7) is 5.03. The Morgan fingerprint density at radius 3 is 2.39 bits per heavy atom. The van der Waals surface area contributed by atoms with Gasteiger partial charge in [0, 0.05) is 47.1 Å². The van der Waals surface area contributed by atoms with Crippen molar-refractivity contribution in [3.63, 3.8) is 0 Å². The molecule has 1 fully saturated rings. The van der Waals surface area contributed by atoms with Gasteiger partial charge < -0.3 is 0 Å². The van der Waals surface area contributed by atoms with Crippen molar-refractivity contribution in [2.75, 3.05) is 13.1 Å². The minimum Gasteiger partial charge on any atom is -0.299 e. The summed E-state index contributed by atoms with van der Waals surface area (Å²) >= 11 is 0. The fourth-order valence-corrected chi connectivity index (χ4v) is 5.74. The van der Waals surface area contributed by atoms with Crippen LogP contribution in [0.3, 0.4) is 0 Å². The highest BCUT2D eigenvalue weighted by molar-refractivity contribution is 5.92. The largest absolute Gasteiger partial charge is 0.299 e. The highest BCUT2D eigenvalue weighted by Gasteiger charge is 2.24. The number of piperidine rings is 1. The lowest BCUT2D eigenvalue weighted by Gasteiger charge is -2.30. The van der Waals surface area contributed by atoms with Gasteiger partial charge in [0.05, 0.1) is 11.2 Å². The molecule has 1 N–H and O–H groups in total. The van der Waals surface area contributed by atoms with E-state index >= 15 is 0 Å². The summed E-state index contributed by atoms with van der Waals surface area (Å²) in [4.78, 5) is 21.3. The molecule has 1 saturated heterocycles. The molecule has 2 aromatic carbocycles. The summed E-state index contributed by atoms with van der Waals surface area (Å²) in [5.41, 5.74) is 8.51. The average molecular weight is 538 g/mol. The number of likely N-dealkylation sites (tertiary alicyclic amines) is 1. The third-order valence-electron chi connectivity index (χ3n) is 8.02. The van der Waals surface area contributed by atoms with E-state index < -0.39 is 0 Å². The number of rotatable bonds is 6. The van der Waals surface area contributed by atoms with Gasteiger partial charge in [-0.15, -0.1) is 0 Å². The van der Waals surface area contributed by atoms with E-state index in [9.17, 15) is 0 Å². The summed E-state index contributed by atoms with van der Waals surface area (Å²) in [5, 5.41) is 8.67. The highest BCUT2D eigenvalue weighted by atomic mass is 15.2. The first-order valence-electron chi connectivity index (χ1n) is 14.2. The van der Waals surface area contributed by atoms with E-state index in [1.807, 2.05) is 43.5 Å². The Balaban J connectivity index is 1.06. The minimum atomic E-state index is 0.372. The minimum absolute atomic E-state index is 0.372. The molecule has 0 unspecified atom stereocenters. The monoisotopic (exact) mass is 537 g/mol. The first-order valence-corrected chi connectivity index (χ1v) is 14.2. The number of nitrogens with zero attached hydrogens (tertiary/aromatic N) is 6. The molecule has 0 aliphatic carbocycles. The van der Waals surface area contributed by atoms with E-state index in [0.29, 0.717) is 5.92 Å². The number of H-pyrrole nitrogens is 1. The standard InChI is InChI=1S/C34H31N7/c1-23-28-21-29(25-7-3-2-4-8-25)32(37-30(28)14-18-35-23)26-12-10-24(11-13-26)22-41-19-15-27(16-20-41)33-38-34(40-39-33)31-9-5-6-17-36-31/h2-14,17-18,21,27H,15-16,19-20,22H2,1H3,(H,38,39,40). The van der Waals surface area contributed by atoms with E-state index in [2.05, 4.69) is 79.7 Å². The van der Waals surface area contributed by atoms with Crippen LogP contribution < -0.4 is 0 Å². The zero-order valence-corrected chi connectivity index (χ0v) is 23.0. The maximum atomic E-state index is 5.12. The van der Waals surface area contributed by atoms with E-state index in [1.54, 1.807) is 6.20 Å². The Hall–Kier alpha value is -4.75. The maximum absolute atomic E-state index is 5.12. The smallest absolute Gasteiger partial charge is 0.174 e. The molecule has 0 amide bonds. The molecule has 0 atom stereocenters. The molecule has 1 aliphatic rings. The second-order valence-electron chi connectivity index (χ2n) is 10.7. The second-order valence-corrected chi connectivity index (χ2v) is 10.7. The molecule has 4 aromatic heterocycles. The number of aryl methyl sites for hydroxylation is 1. The van der Waals surface area contributed by atoms with Gasteiger partial charge >= 0.3 is 0 Å². The van der Waals surface area contributed by atoms with Crippen LogP contribution in [-0.4, -0.2) is 48.1 Å². The van der Waals surface area contributed by atoms with Gasteiger partial charge in [-0.3, -0.25) is 20.0 Å². The van der Waals surface area contributed by atoms with E-state index in [-0.39, 0.29) is 0 Å². The molecule has 1 aliphatic heterocycles. The lowest BCUT2D eigenvalue weighted by Crippen LogP contribution is -2.32. The topological polar surface area (TPSA) is 83.5 Å². The Morgan fingerprint density at radius 1 is 0.805 bits per heavy atom. The van der Waals surface area contributed by atoms with Crippen molar-refractivity contribution < 1.29 is 0 Å². The quantitative estimate of drug-likeness (QED) is 0.251. The van der Waals surface area contributed by atoms with Gasteiger partial charge in [-0.2, -0.15) is 5.10 Å². The predicted molar refractivity (Wildman–Crippen MR) is 162 cm³/mol. The number of nitrogens with one attached hydrogen (secondary N) is 1. The molecule has 6 aromatic rings. The van der Waals surface area contributed by atoms with Crippen LogP contribution in [-0.2, 0) is 6.54 Å². The first-order chi connectivity index (χ1) is 20.2. The third kappa shape index (κ3) is 5.24. The fourth-order valence-electron chi connectivity index (χ4n) is 5.74. The Labute approximate surface area is 239 Å². The van der Waals surface area contributed by atoms with Gasteiger partial charge in [0.15, 0.2) is 11.6 Å². The molecule has 202 valence electrons.